The summed E-state index contributed by atoms with van der Waals surface area (Å²) >= 11 is 0. The molecule has 1 aliphatic heterocycles. The van der Waals surface area contributed by atoms with Crippen LogP contribution in [-0.2, 0) is 6.42 Å². The van der Waals surface area contributed by atoms with Gasteiger partial charge in [0, 0.05) is 13.1 Å². The first kappa shape index (κ1) is 15.1. The van der Waals surface area contributed by atoms with Gasteiger partial charge in [0.1, 0.15) is 5.75 Å². The van der Waals surface area contributed by atoms with Crippen LogP contribution < -0.4 is 10.2 Å². The molecule has 1 heterocycles. The number of hydrogen-bond acceptors (Lipinski definition) is 3. The molecule has 1 aliphatic rings. The van der Waals surface area contributed by atoms with Crippen LogP contribution in [0.15, 0.2) is 24.3 Å². The summed E-state index contributed by atoms with van der Waals surface area (Å²) in [4.78, 5) is 0. The first-order chi connectivity index (χ1) is 9.46. The summed E-state index contributed by atoms with van der Waals surface area (Å²) in [6.45, 7) is 2.02. The summed E-state index contributed by atoms with van der Waals surface area (Å²) in [6.07, 6.45) is -1.52. The highest BCUT2D eigenvalue weighted by Crippen LogP contribution is 2.25. The van der Waals surface area contributed by atoms with Gasteiger partial charge in [0.05, 0.1) is 0 Å². The van der Waals surface area contributed by atoms with Crippen molar-refractivity contribution < 1.29 is 17.9 Å². The quantitative estimate of drug-likeness (QED) is 0.922. The molecule has 0 amide bonds. The van der Waals surface area contributed by atoms with E-state index in [0.29, 0.717) is 5.92 Å². The monoisotopic (exact) mass is 288 g/mol. The highest BCUT2D eigenvalue weighted by atomic mass is 19.4. The fourth-order valence-electron chi connectivity index (χ4n) is 2.52. The van der Waals surface area contributed by atoms with E-state index < -0.39 is 6.36 Å². The van der Waals surface area contributed by atoms with Crippen LogP contribution in [0.1, 0.15) is 18.4 Å². The van der Waals surface area contributed by atoms with Crippen molar-refractivity contribution in [3.8, 4) is 5.75 Å². The zero-order valence-electron chi connectivity index (χ0n) is 11.4. The summed E-state index contributed by atoms with van der Waals surface area (Å²) in [5.41, 5.74) is 4.19. The van der Waals surface area contributed by atoms with Gasteiger partial charge >= 0.3 is 6.36 Å². The van der Waals surface area contributed by atoms with Gasteiger partial charge in [-0.25, -0.2) is 5.01 Å². The van der Waals surface area contributed by atoms with Crippen molar-refractivity contribution in [3.05, 3.63) is 29.8 Å². The normalized spacial score (nSPS) is 18.2. The second-order valence-electron chi connectivity index (χ2n) is 5.05. The van der Waals surface area contributed by atoms with Crippen LogP contribution >= 0.6 is 0 Å². The lowest BCUT2D eigenvalue weighted by Gasteiger charge is -2.31. The molecule has 0 bridgehead atoms. The fraction of sp³-hybridized carbons (Fsp3) is 0.571. The van der Waals surface area contributed by atoms with Crippen molar-refractivity contribution in [2.75, 3.05) is 20.1 Å². The molecule has 1 aromatic rings. The van der Waals surface area contributed by atoms with Crippen molar-refractivity contribution in [2.24, 2.45) is 5.92 Å². The van der Waals surface area contributed by atoms with E-state index in [1.165, 1.54) is 12.1 Å². The largest absolute Gasteiger partial charge is 0.573 e. The average molecular weight is 288 g/mol. The number of rotatable bonds is 4. The number of halogens is 3. The molecular weight excluding hydrogens is 269 g/mol. The molecule has 1 N–H and O–H groups in total. The van der Waals surface area contributed by atoms with E-state index in [9.17, 15) is 13.2 Å². The fourth-order valence-corrected chi connectivity index (χ4v) is 2.52. The third-order valence-corrected chi connectivity index (χ3v) is 3.61. The second kappa shape index (κ2) is 6.45. The van der Waals surface area contributed by atoms with Crippen molar-refractivity contribution in [1.29, 1.82) is 0 Å². The zero-order valence-corrected chi connectivity index (χ0v) is 11.4. The van der Waals surface area contributed by atoms with Crippen LogP contribution in [0.2, 0.25) is 0 Å². The van der Waals surface area contributed by atoms with Crippen LogP contribution in [0.25, 0.3) is 0 Å². The molecule has 0 atom stereocenters. The number of nitrogens with one attached hydrogen (secondary N) is 1. The third kappa shape index (κ3) is 4.68. The minimum atomic E-state index is -4.62. The molecule has 0 radical (unpaired) electrons. The Morgan fingerprint density at radius 3 is 2.30 bits per heavy atom. The minimum absolute atomic E-state index is 0.161. The molecule has 0 unspecified atom stereocenters. The van der Waals surface area contributed by atoms with Gasteiger partial charge in [0.2, 0.25) is 0 Å². The highest BCUT2D eigenvalue weighted by Gasteiger charge is 2.31. The number of benzene rings is 1. The zero-order chi connectivity index (χ0) is 14.6. The van der Waals surface area contributed by atoms with Gasteiger partial charge < -0.3 is 4.74 Å². The molecule has 0 aliphatic carbocycles. The maximum absolute atomic E-state index is 12.1. The predicted molar refractivity (Wildman–Crippen MR) is 70.2 cm³/mol. The average Bonchev–Trinajstić information content (AvgIpc) is 2.40. The van der Waals surface area contributed by atoms with E-state index in [-0.39, 0.29) is 5.75 Å². The van der Waals surface area contributed by atoms with E-state index in [0.717, 1.165) is 37.9 Å². The Morgan fingerprint density at radius 1 is 1.20 bits per heavy atom. The van der Waals surface area contributed by atoms with Gasteiger partial charge in [-0.2, -0.15) is 0 Å². The number of hydrogen-bond donors (Lipinski definition) is 1. The summed E-state index contributed by atoms with van der Waals surface area (Å²) in [5.74, 6) is 0.431. The van der Waals surface area contributed by atoms with E-state index in [4.69, 9.17) is 0 Å². The Balaban J connectivity index is 1.85. The summed E-state index contributed by atoms with van der Waals surface area (Å²) < 4.78 is 40.0. The molecule has 1 saturated heterocycles. The Bertz CT molecular complexity index is 411. The lowest BCUT2D eigenvalue weighted by Crippen LogP contribution is -2.41. The van der Waals surface area contributed by atoms with Crippen molar-refractivity contribution in [3.63, 3.8) is 0 Å². The van der Waals surface area contributed by atoms with E-state index in [1.54, 1.807) is 12.1 Å². The molecule has 3 nitrogen and oxygen atoms in total. The minimum Gasteiger partial charge on any atom is -0.406 e. The molecule has 112 valence electrons. The molecule has 0 aromatic heterocycles. The standard InChI is InChI=1S/C14H19F3N2O/c1-18-19-8-6-12(7-9-19)10-11-2-4-13(5-3-11)20-14(15,16)17/h2-5,12,18H,6-10H2,1H3. The number of ether oxygens (including phenoxy) is 1. The molecule has 6 heteroatoms. The highest BCUT2D eigenvalue weighted by molar-refractivity contribution is 5.27. The first-order valence-corrected chi connectivity index (χ1v) is 6.73. The maximum atomic E-state index is 12.1. The summed E-state index contributed by atoms with van der Waals surface area (Å²) in [7, 11) is 1.92. The van der Waals surface area contributed by atoms with Gasteiger partial charge in [-0.05, 0) is 49.9 Å². The number of piperidine rings is 1. The maximum Gasteiger partial charge on any atom is 0.573 e. The molecule has 20 heavy (non-hydrogen) atoms. The van der Waals surface area contributed by atoms with Crippen LogP contribution in [0, 0.1) is 5.92 Å². The summed E-state index contributed by atoms with van der Waals surface area (Å²) in [5, 5.41) is 2.18. The Hall–Kier alpha value is -1.27. The lowest BCUT2D eigenvalue weighted by molar-refractivity contribution is -0.274. The van der Waals surface area contributed by atoms with Crippen LogP contribution in [0.5, 0.6) is 5.75 Å². The molecule has 0 saturated carbocycles. The first-order valence-electron chi connectivity index (χ1n) is 6.73. The van der Waals surface area contributed by atoms with E-state index >= 15 is 0 Å². The molecule has 1 aromatic carbocycles. The molecule has 0 spiro atoms. The Morgan fingerprint density at radius 2 is 1.80 bits per heavy atom. The lowest BCUT2D eigenvalue weighted by atomic mass is 9.91. The Labute approximate surface area is 116 Å². The molecule has 1 fully saturated rings. The second-order valence-corrected chi connectivity index (χ2v) is 5.05. The van der Waals surface area contributed by atoms with Gasteiger partial charge in [-0.15, -0.1) is 13.2 Å². The topological polar surface area (TPSA) is 24.5 Å². The van der Waals surface area contributed by atoms with Crippen LogP contribution in [-0.4, -0.2) is 31.5 Å². The van der Waals surface area contributed by atoms with E-state index in [1.807, 2.05) is 7.05 Å². The van der Waals surface area contributed by atoms with E-state index in [2.05, 4.69) is 15.2 Å². The van der Waals surface area contributed by atoms with Gasteiger partial charge in [0.15, 0.2) is 0 Å². The Kier molecular flexibility index (Phi) is 4.88. The predicted octanol–water partition coefficient (Wildman–Crippen LogP) is 2.97. The number of hydrazine groups is 1. The number of alkyl halides is 3. The van der Waals surface area contributed by atoms with Crippen molar-refractivity contribution in [2.45, 2.75) is 25.6 Å². The molecular formula is C14H19F3N2O. The van der Waals surface area contributed by atoms with Crippen molar-refractivity contribution >= 4 is 0 Å². The summed E-state index contributed by atoms with van der Waals surface area (Å²) in [6, 6.07) is 6.19. The van der Waals surface area contributed by atoms with Crippen molar-refractivity contribution in [1.82, 2.24) is 10.4 Å². The van der Waals surface area contributed by atoms with Crippen LogP contribution in [0.4, 0.5) is 13.2 Å². The smallest absolute Gasteiger partial charge is 0.406 e. The van der Waals surface area contributed by atoms with Gasteiger partial charge in [-0.3, -0.25) is 5.43 Å². The van der Waals surface area contributed by atoms with Gasteiger partial charge in [-0.1, -0.05) is 12.1 Å². The van der Waals surface area contributed by atoms with Gasteiger partial charge in [0.25, 0.3) is 0 Å². The molecule has 2 rings (SSSR count). The third-order valence-electron chi connectivity index (χ3n) is 3.61. The number of nitrogens with zero attached hydrogens (tertiary/aromatic N) is 1. The SMILES string of the molecule is CNN1CCC(Cc2ccc(OC(F)(F)F)cc2)CC1. The van der Waals surface area contributed by atoms with Crippen LogP contribution in [0.3, 0.4) is 0 Å².